The van der Waals surface area contributed by atoms with Crippen molar-refractivity contribution in [2.45, 2.75) is 141 Å². The van der Waals surface area contributed by atoms with Crippen LogP contribution in [0.5, 0.6) is 0 Å². The molecule has 3 saturated carbocycles. The van der Waals surface area contributed by atoms with Crippen LogP contribution in [0.25, 0.3) is 0 Å². The molecular formula is C26H48. The van der Waals surface area contributed by atoms with E-state index in [0.29, 0.717) is 0 Å². The maximum Gasteiger partial charge on any atom is -0.0386 e. The Hall–Kier alpha value is 0. The van der Waals surface area contributed by atoms with Crippen LogP contribution in [0.2, 0.25) is 0 Å². The lowest BCUT2D eigenvalue weighted by Crippen LogP contribution is -2.20. The Morgan fingerprint density at radius 3 is 0.577 bits per heavy atom. The average molecular weight is 361 g/mol. The smallest absolute Gasteiger partial charge is 0.0386 e. The Balaban J connectivity index is 1.44. The molecule has 152 valence electrons. The van der Waals surface area contributed by atoms with Crippen LogP contribution in [0, 0.1) is 23.7 Å². The summed E-state index contributed by atoms with van der Waals surface area (Å²) >= 11 is 0. The van der Waals surface area contributed by atoms with E-state index in [0.717, 1.165) is 23.7 Å². The van der Waals surface area contributed by atoms with Gasteiger partial charge in [0, 0.05) is 0 Å². The molecule has 0 N–H and O–H groups in total. The van der Waals surface area contributed by atoms with E-state index in [1.54, 1.807) is 51.4 Å². The van der Waals surface area contributed by atoms with Crippen molar-refractivity contribution < 1.29 is 0 Å². The van der Waals surface area contributed by atoms with Gasteiger partial charge in [-0.3, -0.25) is 0 Å². The van der Waals surface area contributed by atoms with Gasteiger partial charge in [-0.15, -0.1) is 0 Å². The molecule has 0 radical (unpaired) electrons. The molecule has 0 heterocycles. The predicted octanol–water partition coefficient (Wildman–Crippen LogP) is 9.07. The van der Waals surface area contributed by atoms with E-state index in [9.17, 15) is 0 Å². The first-order valence-electron chi connectivity index (χ1n) is 12.9. The largest absolute Gasteiger partial charge is 0.0533 e. The van der Waals surface area contributed by atoms with Crippen LogP contribution < -0.4 is 0 Å². The van der Waals surface area contributed by atoms with Crippen molar-refractivity contribution in [3.05, 3.63) is 0 Å². The van der Waals surface area contributed by atoms with Crippen LogP contribution in [0.1, 0.15) is 141 Å². The molecule has 4 unspecified atom stereocenters. The zero-order chi connectivity index (χ0) is 17.9. The summed E-state index contributed by atoms with van der Waals surface area (Å²) in [5.74, 6) is 4.41. The van der Waals surface area contributed by atoms with Crippen molar-refractivity contribution in [1.29, 1.82) is 0 Å². The predicted molar refractivity (Wildman–Crippen MR) is 116 cm³/mol. The maximum atomic E-state index is 1.56. The third-order valence-electron chi connectivity index (χ3n) is 8.43. The quantitative estimate of drug-likeness (QED) is 0.404. The van der Waals surface area contributed by atoms with Gasteiger partial charge < -0.3 is 0 Å². The Bertz CT molecular complexity index is 280. The van der Waals surface area contributed by atoms with Gasteiger partial charge in [-0.25, -0.2) is 0 Å². The van der Waals surface area contributed by atoms with E-state index in [1.807, 2.05) is 0 Å². The van der Waals surface area contributed by atoms with Gasteiger partial charge in [0.25, 0.3) is 0 Å². The van der Waals surface area contributed by atoms with Gasteiger partial charge in [0.2, 0.25) is 0 Å². The van der Waals surface area contributed by atoms with Gasteiger partial charge in [-0.1, -0.05) is 141 Å². The molecule has 0 heteroatoms. The molecule has 0 bridgehead atoms. The van der Waals surface area contributed by atoms with Crippen LogP contribution in [-0.4, -0.2) is 0 Å². The maximum absolute atomic E-state index is 1.56. The molecule has 3 aliphatic carbocycles. The highest BCUT2D eigenvalue weighted by Crippen LogP contribution is 2.38. The van der Waals surface area contributed by atoms with Gasteiger partial charge in [-0.2, -0.15) is 0 Å². The summed E-state index contributed by atoms with van der Waals surface area (Å²) in [6.07, 6.45) is 33.9. The summed E-state index contributed by atoms with van der Waals surface area (Å²) in [5.41, 5.74) is 0. The molecule has 0 aliphatic heterocycles. The van der Waals surface area contributed by atoms with Crippen molar-refractivity contribution >= 4 is 0 Å². The van der Waals surface area contributed by atoms with Crippen molar-refractivity contribution in [1.82, 2.24) is 0 Å². The van der Waals surface area contributed by atoms with E-state index < -0.39 is 0 Å². The van der Waals surface area contributed by atoms with E-state index in [4.69, 9.17) is 0 Å². The molecule has 0 saturated heterocycles. The van der Waals surface area contributed by atoms with Crippen LogP contribution in [-0.2, 0) is 0 Å². The van der Waals surface area contributed by atoms with Crippen molar-refractivity contribution in [3.63, 3.8) is 0 Å². The van der Waals surface area contributed by atoms with Gasteiger partial charge in [0.05, 0.1) is 0 Å². The molecular weight excluding hydrogens is 312 g/mol. The lowest BCUT2D eigenvalue weighted by Gasteiger charge is -2.32. The number of fused-ring (bicyclic) bond motifs is 2. The highest BCUT2D eigenvalue weighted by atomic mass is 14.3. The molecule has 3 rings (SSSR count). The summed E-state index contributed by atoms with van der Waals surface area (Å²) in [6.45, 7) is 0. The molecule has 26 heavy (non-hydrogen) atoms. The van der Waals surface area contributed by atoms with Crippen molar-refractivity contribution in [3.8, 4) is 0 Å². The summed E-state index contributed by atoms with van der Waals surface area (Å²) in [6, 6.07) is 0. The lowest BCUT2D eigenvalue weighted by molar-refractivity contribution is 0.195. The van der Waals surface area contributed by atoms with E-state index >= 15 is 0 Å². The molecule has 4 atom stereocenters. The van der Waals surface area contributed by atoms with Gasteiger partial charge >= 0.3 is 0 Å². The Kier molecular flexibility index (Phi) is 9.93. The minimum absolute atomic E-state index is 1.10. The Morgan fingerprint density at radius 1 is 0.192 bits per heavy atom. The first kappa shape index (κ1) is 20.7. The first-order valence-corrected chi connectivity index (χ1v) is 12.9. The third-order valence-corrected chi connectivity index (χ3v) is 8.43. The molecule has 0 amide bonds. The summed E-state index contributed by atoms with van der Waals surface area (Å²) in [7, 11) is 0. The summed E-state index contributed by atoms with van der Waals surface area (Å²) < 4.78 is 0. The fourth-order valence-corrected chi connectivity index (χ4v) is 6.78. The zero-order valence-electron chi connectivity index (χ0n) is 17.9. The van der Waals surface area contributed by atoms with Crippen molar-refractivity contribution in [2.75, 3.05) is 0 Å². The molecule has 0 aromatic carbocycles. The van der Waals surface area contributed by atoms with Gasteiger partial charge in [-0.05, 0) is 23.7 Å². The summed E-state index contributed by atoms with van der Waals surface area (Å²) in [4.78, 5) is 0. The minimum Gasteiger partial charge on any atom is -0.0533 e. The SMILES string of the molecule is C1CCCC2CCCCC2CCCCCCCC2CCCCC2CCC1. The Labute approximate surface area is 165 Å². The lowest BCUT2D eigenvalue weighted by atomic mass is 9.73. The monoisotopic (exact) mass is 360 g/mol. The van der Waals surface area contributed by atoms with Crippen LogP contribution >= 0.6 is 0 Å². The first-order chi connectivity index (χ1) is 12.9. The zero-order valence-corrected chi connectivity index (χ0v) is 17.9. The minimum atomic E-state index is 1.10. The van der Waals surface area contributed by atoms with E-state index in [2.05, 4.69) is 0 Å². The fourth-order valence-electron chi connectivity index (χ4n) is 6.78. The number of rotatable bonds is 0. The second-order valence-electron chi connectivity index (χ2n) is 10.3. The molecule has 0 aromatic heterocycles. The second kappa shape index (κ2) is 12.5. The van der Waals surface area contributed by atoms with Gasteiger partial charge in [0.1, 0.15) is 0 Å². The third kappa shape index (κ3) is 7.20. The van der Waals surface area contributed by atoms with E-state index in [-0.39, 0.29) is 0 Å². The molecule has 3 aliphatic rings. The number of hydrogen-bond acceptors (Lipinski definition) is 0. The van der Waals surface area contributed by atoms with Crippen molar-refractivity contribution in [2.24, 2.45) is 23.7 Å². The van der Waals surface area contributed by atoms with Gasteiger partial charge in [0.15, 0.2) is 0 Å². The normalized spacial score (nSPS) is 36.9. The molecule has 0 spiro atoms. The highest BCUT2D eigenvalue weighted by Gasteiger charge is 2.25. The average Bonchev–Trinajstić information content (AvgIpc) is 2.68. The fraction of sp³-hybridized carbons (Fsp3) is 1.00. The second-order valence-corrected chi connectivity index (χ2v) is 10.3. The Morgan fingerprint density at radius 2 is 0.346 bits per heavy atom. The number of hydrogen-bond donors (Lipinski definition) is 0. The molecule has 3 fully saturated rings. The molecule has 0 nitrogen and oxygen atoms in total. The topological polar surface area (TPSA) is 0 Å². The standard InChI is InChI=1S/C26H48/c1-3-7-15-23-19-11-13-21-25(23)17-9-5-2-6-10-18-26-22-14-12-20-24(26)16-8-4-1/h23-26H,1-22H2. The van der Waals surface area contributed by atoms with Crippen LogP contribution in [0.4, 0.5) is 0 Å². The van der Waals surface area contributed by atoms with Crippen LogP contribution in [0.3, 0.4) is 0 Å². The molecule has 0 aromatic rings. The van der Waals surface area contributed by atoms with Crippen LogP contribution in [0.15, 0.2) is 0 Å². The summed E-state index contributed by atoms with van der Waals surface area (Å²) in [5, 5.41) is 0. The highest BCUT2D eigenvalue weighted by molar-refractivity contribution is 4.77. The van der Waals surface area contributed by atoms with E-state index in [1.165, 1.54) is 89.9 Å².